The Labute approximate surface area is 209 Å². The van der Waals surface area contributed by atoms with E-state index in [2.05, 4.69) is 0 Å². The summed E-state index contributed by atoms with van der Waals surface area (Å²) in [7, 11) is 2.90. The van der Waals surface area contributed by atoms with E-state index in [1.54, 1.807) is 36.4 Å². The fourth-order valence-electron chi connectivity index (χ4n) is 4.12. The van der Waals surface area contributed by atoms with Gasteiger partial charge < -0.3 is 29.3 Å². The fraction of sp³-hybridized carbons (Fsp3) is 0.214. The number of hydrogen-bond acceptors (Lipinski definition) is 7. The minimum Gasteiger partial charge on any atom is -0.507 e. The number of hydrogen-bond donors (Lipinski definition) is 2. The van der Waals surface area contributed by atoms with Crippen LogP contribution >= 0.6 is 0 Å². The molecule has 0 aliphatic carbocycles. The van der Waals surface area contributed by atoms with Crippen molar-refractivity contribution in [2.24, 2.45) is 0 Å². The topological polar surface area (TPSA) is 106 Å². The van der Waals surface area contributed by atoms with Crippen LogP contribution < -0.4 is 9.47 Å². The Hall–Kier alpha value is -4.30. The molecule has 8 nitrogen and oxygen atoms in total. The first-order valence-corrected chi connectivity index (χ1v) is 11.4. The highest BCUT2D eigenvalue weighted by molar-refractivity contribution is 6.46. The van der Waals surface area contributed by atoms with Gasteiger partial charge in [-0.2, -0.15) is 0 Å². The lowest BCUT2D eigenvalue weighted by Gasteiger charge is -2.25. The van der Waals surface area contributed by atoms with Crippen molar-refractivity contribution < 1.29 is 34.0 Å². The van der Waals surface area contributed by atoms with Crippen LogP contribution in [-0.4, -0.2) is 54.2 Å². The van der Waals surface area contributed by atoms with Crippen molar-refractivity contribution in [2.45, 2.75) is 12.6 Å². The Morgan fingerprint density at radius 2 is 1.69 bits per heavy atom. The first-order chi connectivity index (χ1) is 17.4. The summed E-state index contributed by atoms with van der Waals surface area (Å²) >= 11 is 0. The SMILES string of the molecule is COCCN1C(=O)C(=O)/C(=C(/O)c2ccc(OCc3ccccc3)cc2)[C@H]1c1ccc(O)c(OC)c1. The van der Waals surface area contributed by atoms with Gasteiger partial charge in [-0.05, 0) is 47.5 Å². The third kappa shape index (κ3) is 5.04. The monoisotopic (exact) mass is 489 g/mol. The number of phenols is 1. The molecule has 0 spiro atoms. The highest BCUT2D eigenvalue weighted by atomic mass is 16.5. The third-order valence-corrected chi connectivity index (χ3v) is 5.97. The largest absolute Gasteiger partial charge is 0.507 e. The maximum atomic E-state index is 13.1. The molecule has 0 unspecified atom stereocenters. The van der Waals surface area contributed by atoms with Crippen LogP contribution in [0.4, 0.5) is 0 Å². The molecular formula is C28H27NO7. The molecule has 0 bridgehead atoms. The van der Waals surface area contributed by atoms with Crippen molar-refractivity contribution in [3.05, 3.63) is 95.1 Å². The molecule has 1 amide bonds. The van der Waals surface area contributed by atoms with E-state index in [-0.39, 0.29) is 36.0 Å². The number of methoxy groups -OCH3 is 2. The molecule has 2 N–H and O–H groups in total. The van der Waals surface area contributed by atoms with E-state index in [9.17, 15) is 19.8 Å². The number of rotatable bonds is 9. The van der Waals surface area contributed by atoms with Crippen LogP contribution in [0.2, 0.25) is 0 Å². The molecule has 1 saturated heterocycles. The van der Waals surface area contributed by atoms with Gasteiger partial charge in [-0.25, -0.2) is 0 Å². The lowest BCUT2D eigenvalue weighted by atomic mass is 9.95. The van der Waals surface area contributed by atoms with Crippen LogP contribution in [0.3, 0.4) is 0 Å². The molecule has 3 aromatic carbocycles. The zero-order valence-corrected chi connectivity index (χ0v) is 20.0. The molecule has 1 fully saturated rings. The normalized spacial score (nSPS) is 16.8. The summed E-state index contributed by atoms with van der Waals surface area (Å²) in [5.74, 6) is -1.15. The van der Waals surface area contributed by atoms with Crippen molar-refractivity contribution in [2.75, 3.05) is 27.4 Å². The smallest absolute Gasteiger partial charge is 0.295 e. The van der Waals surface area contributed by atoms with Gasteiger partial charge in [0, 0.05) is 19.2 Å². The summed E-state index contributed by atoms with van der Waals surface area (Å²) in [5, 5.41) is 21.2. The molecule has 0 aromatic heterocycles. The molecular weight excluding hydrogens is 462 g/mol. The number of nitrogens with zero attached hydrogens (tertiary/aromatic N) is 1. The van der Waals surface area contributed by atoms with Crippen LogP contribution in [-0.2, 0) is 20.9 Å². The number of phenolic OH excluding ortho intramolecular Hbond substituents is 1. The van der Waals surface area contributed by atoms with Crippen molar-refractivity contribution in [1.82, 2.24) is 4.90 Å². The lowest BCUT2D eigenvalue weighted by molar-refractivity contribution is -0.140. The first-order valence-electron chi connectivity index (χ1n) is 11.4. The number of aliphatic hydroxyl groups excluding tert-OH is 1. The number of aromatic hydroxyl groups is 1. The Bertz CT molecular complexity index is 1270. The molecule has 186 valence electrons. The van der Waals surface area contributed by atoms with Crippen LogP contribution in [0.25, 0.3) is 5.76 Å². The molecule has 36 heavy (non-hydrogen) atoms. The predicted molar refractivity (Wildman–Crippen MR) is 133 cm³/mol. The summed E-state index contributed by atoms with van der Waals surface area (Å²) < 4.78 is 16.1. The quantitative estimate of drug-likeness (QED) is 0.265. The van der Waals surface area contributed by atoms with E-state index in [0.29, 0.717) is 23.5 Å². The standard InChI is InChI=1S/C28H27NO7/c1-34-15-14-29-25(20-10-13-22(30)23(16-20)35-2)24(27(32)28(29)33)26(31)19-8-11-21(12-9-19)36-17-18-6-4-3-5-7-18/h3-13,16,25,30-31H,14-15,17H2,1-2H3/b26-24+/t25-/m1/s1. The first kappa shape index (κ1) is 24.8. The zero-order chi connectivity index (χ0) is 25.7. The van der Waals surface area contributed by atoms with Crippen LogP contribution in [0.1, 0.15) is 22.7 Å². The van der Waals surface area contributed by atoms with Gasteiger partial charge in [0.25, 0.3) is 11.7 Å². The van der Waals surface area contributed by atoms with Gasteiger partial charge in [-0.1, -0.05) is 36.4 Å². The van der Waals surface area contributed by atoms with Gasteiger partial charge in [-0.3, -0.25) is 9.59 Å². The van der Waals surface area contributed by atoms with E-state index < -0.39 is 17.7 Å². The van der Waals surface area contributed by atoms with Crippen molar-refractivity contribution in [1.29, 1.82) is 0 Å². The molecule has 8 heteroatoms. The number of carbonyl (C=O) groups is 2. The Balaban J connectivity index is 1.68. The molecule has 1 atom stereocenters. The number of Topliss-reactive ketones (excluding diaryl/α,β-unsaturated/α-hetero) is 1. The number of aliphatic hydroxyl groups is 1. The Kier molecular flexibility index (Phi) is 7.56. The highest BCUT2D eigenvalue weighted by Gasteiger charge is 2.46. The average molecular weight is 490 g/mol. The minimum absolute atomic E-state index is 0.0539. The third-order valence-electron chi connectivity index (χ3n) is 5.97. The maximum Gasteiger partial charge on any atom is 0.295 e. The number of carbonyl (C=O) groups excluding carboxylic acids is 2. The molecule has 3 aromatic rings. The summed E-state index contributed by atoms with van der Waals surface area (Å²) in [4.78, 5) is 27.3. The molecule has 4 rings (SSSR count). The van der Waals surface area contributed by atoms with E-state index in [1.165, 1.54) is 25.2 Å². The van der Waals surface area contributed by atoms with Gasteiger partial charge in [0.15, 0.2) is 11.5 Å². The zero-order valence-electron chi connectivity index (χ0n) is 20.0. The molecule has 1 aliphatic heterocycles. The molecule has 0 radical (unpaired) electrons. The van der Waals surface area contributed by atoms with Gasteiger partial charge in [0.2, 0.25) is 0 Å². The van der Waals surface area contributed by atoms with E-state index >= 15 is 0 Å². The fourth-order valence-corrected chi connectivity index (χ4v) is 4.12. The number of ketones is 1. The summed E-state index contributed by atoms with van der Waals surface area (Å²) in [6, 6.07) is 20.0. The summed E-state index contributed by atoms with van der Waals surface area (Å²) in [6.45, 7) is 0.726. The van der Waals surface area contributed by atoms with Crippen molar-refractivity contribution in [3.8, 4) is 17.2 Å². The molecule has 1 heterocycles. The van der Waals surface area contributed by atoms with E-state index in [4.69, 9.17) is 14.2 Å². The predicted octanol–water partition coefficient (Wildman–Crippen LogP) is 4.05. The Morgan fingerprint density at radius 1 is 0.972 bits per heavy atom. The van der Waals surface area contributed by atoms with Crippen LogP contribution in [0, 0.1) is 0 Å². The molecule has 0 saturated carbocycles. The number of ether oxygens (including phenoxy) is 3. The second kappa shape index (κ2) is 11.0. The summed E-state index contributed by atoms with van der Waals surface area (Å²) in [5.41, 5.74) is 1.83. The maximum absolute atomic E-state index is 13.1. The van der Waals surface area contributed by atoms with Gasteiger partial charge >= 0.3 is 0 Å². The summed E-state index contributed by atoms with van der Waals surface area (Å²) in [6.07, 6.45) is 0. The Morgan fingerprint density at radius 3 is 2.36 bits per heavy atom. The van der Waals surface area contributed by atoms with Gasteiger partial charge in [-0.15, -0.1) is 0 Å². The highest BCUT2D eigenvalue weighted by Crippen LogP contribution is 2.41. The second-order valence-electron chi connectivity index (χ2n) is 8.22. The van der Waals surface area contributed by atoms with Crippen LogP contribution in [0.5, 0.6) is 17.2 Å². The van der Waals surface area contributed by atoms with Crippen LogP contribution in [0.15, 0.2) is 78.4 Å². The van der Waals surface area contributed by atoms with Gasteiger partial charge in [0.1, 0.15) is 18.1 Å². The van der Waals surface area contributed by atoms with Crippen molar-refractivity contribution in [3.63, 3.8) is 0 Å². The van der Waals surface area contributed by atoms with Crippen molar-refractivity contribution >= 4 is 17.4 Å². The number of likely N-dealkylation sites (tertiary alicyclic amines) is 1. The number of amides is 1. The minimum atomic E-state index is -0.886. The van der Waals surface area contributed by atoms with E-state index in [0.717, 1.165) is 5.56 Å². The van der Waals surface area contributed by atoms with Gasteiger partial charge in [0.05, 0.1) is 25.3 Å². The van der Waals surface area contributed by atoms with E-state index in [1.807, 2.05) is 30.3 Å². The average Bonchev–Trinajstić information content (AvgIpc) is 3.16. The number of benzene rings is 3. The second-order valence-corrected chi connectivity index (χ2v) is 8.22. The molecule has 1 aliphatic rings. The lowest BCUT2D eigenvalue weighted by Crippen LogP contribution is -2.32.